The van der Waals surface area contributed by atoms with Gasteiger partial charge in [0.1, 0.15) is 0 Å². The Morgan fingerprint density at radius 3 is 2.42 bits per heavy atom. The molecule has 0 bridgehead atoms. The molecule has 1 amide bonds. The number of aryl methyl sites for hydroxylation is 1. The molecule has 0 spiro atoms. The van der Waals surface area contributed by atoms with Crippen molar-refractivity contribution in [2.75, 3.05) is 13.1 Å². The lowest BCUT2D eigenvalue weighted by atomic mass is 10.1. The summed E-state index contributed by atoms with van der Waals surface area (Å²) in [5.41, 5.74) is -0.677. The molecule has 1 aliphatic heterocycles. The van der Waals surface area contributed by atoms with Crippen molar-refractivity contribution in [1.82, 2.24) is 14.7 Å². The zero-order valence-electron chi connectivity index (χ0n) is 13.8. The number of carboxylic acids is 1. The summed E-state index contributed by atoms with van der Waals surface area (Å²) in [5.74, 6) is -2.69. The number of hydrogen-bond acceptors (Lipinski definition) is 3. The van der Waals surface area contributed by atoms with Crippen molar-refractivity contribution in [3.63, 3.8) is 0 Å². The maximum atomic E-state index is 13.6. The lowest BCUT2D eigenvalue weighted by Crippen LogP contribution is -2.31. The molecule has 2 aromatic rings. The summed E-state index contributed by atoms with van der Waals surface area (Å²) in [5, 5.41) is 12.8. The molecule has 1 aliphatic rings. The first-order chi connectivity index (χ1) is 12.2. The summed E-state index contributed by atoms with van der Waals surface area (Å²) >= 11 is 0. The average molecular weight is 367 g/mol. The highest BCUT2D eigenvalue weighted by Gasteiger charge is 2.42. The molecule has 138 valence electrons. The van der Waals surface area contributed by atoms with Crippen LogP contribution >= 0.6 is 0 Å². The average Bonchev–Trinajstić information content (AvgIpc) is 3.22. The molecule has 1 atom stereocenters. The van der Waals surface area contributed by atoms with Crippen molar-refractivity contribution in [2.24, 2.45) is 5.92 Å². The molecule has 3 rings (SSSR count). The molecule has 1 unspecified atom stereocenters. The van der Waals surface area contributed by atoms with Crippen molar-refractivity contribution >= 4 is 11.9 Å². The molecule has 0 aliphatic carbocycles. The van der Waals surface area contributed by atoms with E-state index in [2.05, 4.69) is 5.10 Å². The number of carbonyl (C=O) groups excluding carboxylic acids is 1. The Labute approximate surface area is 146 Å². The number of nitrogens with zero attached hydrogens (tertiary/aromatic N) is 3. The van der Waals surface area contributed by atoms with Gasteiger partial charge in [0, 0.05) is 13.1 Å². The van der Waals surface area contributed by atoms with Crippen LogP contribution in [0.1, 0.15) is 28.0 Å². The third-order valence-corrected chi connectivity index (χ3v) is 4.37. The molecule has 1 fully saturated rings. The van der Waals surface area contributed by atoms with E-state index in [0.717, 1.165) is 16.7 Å². The quantitative estimate of drug-likeness (QED) is 0.905. The summed E-state index contributed by atoms with van der Waals surface area (Å²) in [6.07, 6.45) is -3.69. The SMILES string of the molecule is Cc1ccc(-n2ncc(C(=O)N3CCC(C(=O)O)C3)c2C(F)(F)F)cc1. The van der Waals surface area contributed by atoms with E-state index in [9.17, 15) is 22.8 Å². The highest BCUT2D eigenvalue weighted by Crippen LogP contribution is 2.34. The van der Waals surface area contributed by atoms with Gasteiger partial charge in [-0.2, -0.15) is 18.3 Å². The van der Waals surface area contributed by atoms with Crippen molar-refractivity contribution in [3.8, 4) is 5.69 Å². The number of halogens is 3. The fourth-order valence-electron chi connectivity index (χ4n) is 2.98. The third kappa shape index (κ3) is 3.29. The zero-order valence-corrected chi connectivity index (χ0v) is 13.8. The van der Waals surface area contributed by atoms with Gasteiger partial charge in [-0.05, 0) is 25.5 Å². The molecule has 9 heteroatoms. The van der Waals surface area contributed by atoms with Crippen LogP contribution in [0.25, 0.3) is 5.69 Å². The monoisotopic (exact) mass is 367 g/mol. The number of carbonyl (C=O) groups is 2. The highest BCUT2D eigenvalue weighted by molar-refractivity contribution is 5.96. The summed E-state index contributed by atoms with van der Waals surface area (Å²) in [6.45, 7) is 1.79. The van der Waals surface area contributed by atoms with Gasteiger partial charge < -0.3 is 10.0 Å². The second-order valence-electron chi connectivity index (χ2n) is 6.23. The minimum Gasteiger partial charge on any atom is -0.481 e. The number of amides is 1. The summed E-state index contributed by atoms with van der Waals surface area (Å²) in [6, 6.07) is 6.28. The Balaban J connectivity index is 1.99. The van der Waals surface area contributed by atoms with Crippen molar-refractivity contribution in [3.05, 3.63) is 47.3 Å². The molecule has 6 nitrogen and oxygen atoms in total. The van der Waals surface area contributed by atoms with Gasteiger partial charge in [-0.3, -0.25) is 9.59 Å². The highest BCUT2D eigenvalue weighted by atomic mass is 19.4. The second kappa shape index (κ2) is 6.47. The molecule has 26 heavy (non-hydrogen) atoms. The number of aliphatic carboxylic acids is 1. The van der Waals surface area contributed by atoms with E-state index in [4.69, 9.17) is 5.11 Å². The first-order valence-electron chi connectivity index (χ1n) is 7.93. The fourth-order valence-corrected chi connectivity index (χ4v) is 2.98. The van der Waals surface area contributed by atoms with E-state index in [0.29, 0.717) is 4.68 Å². The van der Waals surface area contributed by atoms with E-state index >= 15 is 0 Å². The second-order valence-corrected chi connectivity index (χ2v) is 6.23. The van der Waals surface area contributed by atoms with Gasteiger partial charge >= 0.3 is 12.1 Å². The van der Waals surface area contributed by atoms with E-state index in [-0.39, 0.29) is 25.2 Å². The predicted molar refractivity (Wildman–Crippen MR) is 84.9 cm³/mol. The van der Waals surface area contributed by atoms with Gasteiger partial charge in [0.15, 0.2) is 5.69 Å². The minimum absolute atomic E-state index is 0.100. The Morgan fingerprint density at radius 2 is 1.88 bits per heavy atom. The molecule has 2 heterocycles. The van der Waals surface area contributed by atoms with Crippen LogP contribution in [-0.2, 0) is 11.0 Å². The Hall–Kier alpha value is -2.84. The topological polar surface area (TPSA) is 75.4 Å². The largest absolute Gasteiger partial charge is 0.481 e. The van der Waals surface area contributed by atoms with E-state index < -0.39 is 35.2 Å². The van der Waals surface area contributed by atoms with Crippen LogP contribution in [0.15, 0.2) is 30.5 Å². The molecule has 1 N–H and O–H groups in total. The number of likely N-dealkylation sites (tertiary alicyclic amines) is 1. The van der Waals surface area contributed by atoms with Crippen LogP contribution in [0.5, 0.6) is 0 Å². The molecule has 1 aromatic heterocycles. The maximum Gasteiger partial charge on any atom is 0.434 e. The maximum absolute atomic E-state index is 13.6. The van der Waals surface area contributed by atoms with Crippen molar-refractivity contribution < 1.29 is 27.9 Å². The van der Waals surface area contributed by atoms with Gasteiger partial charge in [0.05, 0.1) is 23.4 Å². The van der Waals surface area contributed by atoms with Gasteiger partial charge in [0.2, 0.25) is 0 Å². The minimum atomic E-state index is -4.79. The van der Waals surface area contributed by atoms with Gasteiger partial charge in [-0.25, -0.2) is 4.68 Å². The summed E-state index contributed by atoms with van der Waals surface area (Å²) in [7, 11) is 0. The molecule has 0 radical (unpaired) electrons. The van der Waals surface area contributed by atoms with E-state index in [1.165, 1.54) is 12.1 Å². The molecule has 0 saturated carbocycles. The Bertz CT molecular complexity index is 843. The number of alkyl halides is 3. The first kappa shape index (κ1) is 18.0. The zero-order chi connectivity index (χ0) is 19.1. The molecule has 1 aromatic carbocycles. The lowest BCUT2D eigenvalue weighted by Gasteiger charge is -2.17. The summed E-state index contributed by atoms with van der Waals surface area (Å²) in [4.78, 5) is 24.7. The van der Waals surface area contributed by atoms with Gasteiger partial charge in [-0.15, -0.1) is 0 Å². The van der Waals surface area contributed by atoms with Crippen molar-refractivity contribution in [2.45, 2.75) is 19.5 Å². The number of benzene rings is 1. The number of rotatable bonds is 3. The Kier molecular flexibility index (Phi) is 4.47. The standard InChI is InChI=1S/C17H16F3N3O3/c1-10-2-4-12(5-3-10)23-14(17(18,19)20)13(8-21-23)15(24)22-7-6-11(9-22)16(25)26/h2-5,8,11H,6-7,9H2,1H3,(H,25,26). The Morgan fingerprint density at radius 1 is 1.23 bits per heavy atom. The molecule has 1 saturated heterocycles. The van der Waals surface area contributed by atoms with Crippen molar-refractivity contribution in [1.29, 1.82) is 0 Å². The fraction of sp³-hybridized carbons (Fsp3) is 0.353. The van der Waals surface area contributed by atoms with E-state index in [1.807, 2.05) is 0 Å². The van der Waals surface area contributed by atoms with Crippen LogP contribution < -0.4 is 0 Å². The third-order valence-electron chi connectivity index (χ3n) is 4.37. The van der Waals surface area contributed by atoms with Crippen LogP contribution in [0, 0.1) is 12.8 Å². The van der Waals surface area contributed by atoms with Crippen LogP contribution in [0.2, 0.25) is 0 Å². The molecular formula is C17H16F3N3O3. The lowest BCUT2D eigenvalue weighted by molar-refractivity contribution is -0.143. The van der Waals surface area contributed by atoms with Crippen LogP contribution in [0.3, 0.4) is 0 Å². The predicted octanol–water partition coefficient (Wildman–Crippen LogP) is 2.75. The number of aromatic nitrogens is 2. The first-order valence-corrected chi connectivity index (χ1v) is 7.93. The van der Waals surface area contributed by atoms with Gasteiger partial charge in [-0.1, -0.05) is 17.7 Å². The summed E-state index contributed by atoms with van der Waals surface area (Å²) < 4.78 is 41.6. The normalized spacial score (nSPS) is 17.5. The smallest absolute Gasteiger partial charge is 0.434 e. The molecular weight excluding hydrogens is 351 g/mol. The van der Waals surface area contributed by atoms with E-state index in [1.54, 1.807) is 19.1 Å². The number of carboxylic acid groups (broad SMARTS) is 1. The number of hydrogen-bond donors (Lipinski definition) is 1. The van der Waals surface area contributed by atoms with Crippen LogP contribution in [-0.4, -0.2) is 44.8 Å². The van der Waals surface area contributed by atoms with Gasteiger partial charge in [0.25, 0.3) is 5.91 Å². The van der Waals surface area contributed by atoms with Crippen LogP contribution in [0.4, 0.5) is 13.2 Å².